The Bertz CT molecular complexity index is 2880. The Morgan fingerprint density at radius 2 is 1.26 bits per heavy atom. The van der Waals surface area contributed by atoms with E-state index in [2.05, 4.69) is 125 Å². The van der Waals surface area contributed by atoms with Gasteiger partial charge in [0.25, 0.3) is 0 Å². The number of nitrogens with zero attached hydrogens (tertiary/aromatic N) is 5. The molecule has 0 unspecified atom stereocenters. The summed E-state index contributed by atoms with van der Waals surface area (Å²) < 4.78 is 15.0. The van der Waals surface area contributed by atoms with Crippen molar-refractivity contribution in [1.29, 1.82) is 0 Å². The van der Waals surface area contributed by atoms with Crippen LogP contribution in [0.4, 0.5) is 0 Å². The van der Waals surface area contributed by atoms with E-state index in [1.54, 1.807) is 0 Å². The third-order valence-electron chi connectivity index (χ3n) is 9.29. The molecule has 10 aromatic rings. The smallest absolute Gasteiger partial charge is 0.242 e. The van der Waals surface area contributed by atoms with Gasteiger partial charge >= 0.3 is 0 Å². The fourth-order valence-electron chi connectivity index (χ4n) is 7.12. The molecule has 50 heavy (non-hydrogen) atoms. The topological polar surface area (TPSA) is 40.8 Å². The summed E-state index contributed by atoms with van der Waals surface area (Å²) in [6, 6.07) is 54.9. The first kappa shape index (κ1) is 30.1. The third-order valence-corrected chi connectivity index (χ3v) is 9.29. The number of benzene rings is 6. The average Bonchev–Trinajstić information content (AvgIpc) is 3.79. The van der Waals surface area contributed by atoms with Crippen molar-refractivity contribution < 1.29 is 30.4 Å². The minimum atomic E-state index is 0. The number of aromatic nitrogens is 5. The van der Waals surface area contributed by atoms with Gasteiger partial charge in [-0.25, -0.2) is 4.98 Å². The molecule has 4 aromatic heterocycles. The molecule has 0 spiro atoms. The Morgan fingerprint density at radius 3 is 2.08 bits per heavy atom. The maximum atomic E-state index is 6.46. The number of rotatable bonds is 5. The largest absolute Gasteiger partial charge is 0.510 e. The number of aryl methyl sites for hydroxylation is 1. The summed E-state index contributed by atoms with van der Waals surface area (Å²) in [6.07, 6.45) is 5.38. The zero-order chi connectivity index (χ0) is 32.5. The van der Waals surface area contributed by atoms with E-state index in [0.29, 0.717) is 11.5 Å². The van der Waals surface area contributed by atoms with E-state index in [0.717, 1.165) is 66.5 Å². The van der Waals surface area contributed by atoms with Gasteiger partial charge in [0.1, 0.15) is 5.82 Å². The van der Waals surface area contributed by atoms with E-state index >= 15 is 0 Å². The van der Waals surface area contributed by atoms with E-state index < -0.39 is 0 Å². The van der Waals surface area contributed by atoms with Gasteiger partial charge < -0.3 is 23.0 Å². The molecule has 7 heteroatoms. The SMILES string of the molecule is C[n+]1[c-]n(-c2[c-]c(Oc3[c-]c4c(cc3)c3ccccc3n4-c3cc4c(cn3)c3ccccc3n4-c3ccccc3)ccc2)c2ccccc21.[Pt]. The van der Waals surface area contributed by atoms with Crippen LogP contribution < -0.4 is 9.30 Å². The molecule has 0 fully saturated rings. The van der Waals surface area contributed by atoms with Gasteiger partial charge in [-0.1, -0.05) is 90.1 Å². The Labute approximate surface area is 302 Å². The number of fused-ring (bicyclic) bond motifs is 7. The predicted octanol–water partition coefficient (Wildman–Crippen LogP) is 9.23. The quantitative estimate of drug-likeness (QED) is 0.128. The number of pyridine rings is 1. The van der Waals surface area contributed by atoms with Crippen molar-refractivity contribution in [1.82, 2.24) is 18.7 Å². The molecule has 4 heterocycles. The molecule has 10 rings (SSSR count). The van der Waals surface area contributed by atoms with E-state index in [-0.39, 0.29) is 21.1 Å². The van der Waals surface area contributed by atoms with Crippen LogP contribution in [0.15, 0.2) is 146 Å². The van der Waals surface area contributed by atoms with Gasteiger partial charge in [-0.3, -0.25) is 0 Å². The molecule has 0 aliphatic heterocycles. The number of ether oxygens (including phenoxy) is 1. The molecule has 0 radical (unpaired) electrons. The molecule has 0 amide bonds. The zero-order valence-electron chi connectivity index (χ0n) is 26.8. The molecule has 6 nitrogen and oxygen atoms in total. The summed E-state index contributed by atoms with van der Waals surface area (Å²) in [5, 5.41) is 4.48. The Morgan fingerprint density at radius 1 is 0.580 bits per heavy atom. The Balaban J connectivity index is 0.00000336. The van der Waals surface area contributed by atoms with Gasteiger partial charge in [-0.2, -0.15) is 18.2 Å². The number of imidazole rings is 1. The average molecular weight is 825 g/mol. The molecule has 0 aliphatic rings. The third kappa shape index (κ3) is 4.67. The minimum absolute atomic E-state index is 0. The summed E-state index contributed by atoms with van der Waals surface area (Å²) in [5.41, 5.74) is 8.26. The van der Waals surface area contributed by atoms with E-state index in [1.807, 2.05) is 64.8 Å². The van der Waals surface area contributed by atoms with Gasteiger partial charge in [0.05, 0.1) is 29.1 Å². The van der Waals surface area contributed by atoms with Gasteiger partial charge in [0.2, 0.25) is 6.33 Å². The molecular formula is C43H27N5OPt-2. The maximum Gasteiger partial charge on any atom is 0.242 e. The molecule has 242 valence electrons. The minimum Gasteiger partial charge on any atom is -0.510 e. The van der Waals surface area contributed by atoms with E-state index in [1.165, 1.54) is 5.39 Å². The van der Waals surface area contributed by atoms with Crippen molar-refractivity contribution in [3.63, 3.8) is 0 Å². The molecule has 0 bridgehead atoms. The molecular weight excluding hydrogens is 798 g/mol. The van der Waals surface area contributed by atoms with Crippen LogP contribution in [0.3, 0.4) is 0 Å². The van der Waals surface area contributed by atoms with Crippen LogP contribution in [0.25, 0.3) is 71.8 Å². The fraction of sp³-hybridized carbons (Fsp3) is 0.0233. The van der Waals surface area contributed by atoms with Gasteiger partial charge in [0, 0.05) is 66.8 Å². The predicted molar refractivity (Wildman–Crippen MR) is 194 cm³/mol. The van der Waals surface area contributed by atoms with Crippen molar-refractivity contribution >= 4 is 54.6 Å². The number of para-hydroxylation sites is 5. The van der Waals surface area contributed by atoms with Crippen molar-refractivity contribution in [3.05, 3.63) is 164 Å². The molecule has 0 aliphatic carbocycles. The van der Waals surface area contributed by atoms with Crippen LogP contribution in [-0.2, 0) is 28.1 Å². The van der Waals surface area contributed by atoms with Crippen molar-refractivity contribution in [3.8, 4) is 28.7 Å². The Kier molecular flexibility index (Phi) is 7.15. The first-order valence-electron chi connectivity index (χ1n) is 16.2. The van der Waals surface area contributed by atoms with Gasteiger partial charge in [0.15, 0.2) is 0 Å². The van der Waals surface area contributed by atoms with Crippen LogP contribution in [0.2, 0.25) is 0 Å². The second-order valence-corrected chi connectivity index (χ2v) is 12.2. The van der Waals surface area contributed by atoms with Crippen molar-refractivity contribution in [2.75, 3.05) is 0 Å². The van der Waals surface area contributed by atoms with Crippen LogP contribution in [-0.4, -0.2) is 18.7 Å². The molecule has 0 saturated carbocycles. The molecule has 0 saturated heterocycles. The fourth-order valence-corrected chi connectivity index (χ4v) is 7.12. The summed E-state index contributed by atoms with van der Waals surface area (Å²) in [4.78, 5) is 5.07. The van der Waals surface area contributed by atoms with Crippen molar-refractivity contribution in [2.45, 2.75) is 0 Å². The van der Waals surface area contributed by atoms with Crippen LogP contribution in [0.5, 0.6) is 11.5 Å². The summed E-state index contributed by atoms with van der Waals surface area (Å²) in [6.45, 7) is 0. The van der Waals surface area contributed by atoms with E-state index in [9.17, 15) is 0 Å². The van der Waals surface area contributed by atoms with Crippen LogP contribution in [0, 0.1) is 18.5 Å². The molecule has 0 N–H and O–H groups in total. The van der Waals surface area contributed by atoms with Gasteiger partial charge in [-0.15, -0.1) is 29.7 Å². The number of hydrogen-bond donors (Lipinski definition) is 0. The summed E-state index contributed by atoms with van der Waals surface area (Å²) in [7, 11) is 2.00. The molecule has 0 atom stereocenters. The normalized spacial score (nSPS) is 11.5. The summed E-state index contributed by atoms with van der Waals surface area (Å²) in [5.74, 6) is 2.00. The van der Waals surface area contributed by atoms with Crippen LogP contribution in [0.1, 0.15) is 0 Å². The Hall–Kier alpha value is -5.97. The summed E-state index contributed by atoms with van der Waals surface area (Å²) >= 11 is 0. The first-order valence-corrected chi connectivity index (χ1v) is 16.2. The van der Waals surface area contributed by atoms with Crippen LogP contribution >= 0.6 is 0 Å². The second kappa shape index (κ2) is 11.9. The second-order valence-electron chi connectivity index (χ2n) is 12.2. The number of hydrogen-bond acceptors (Lipinski definition) is 2. The monoisotopic (exact) mass is 824 g/mol. The van der Waals surface area contributed by atoms with Gasteiger partial charge in [-0.05, 0) is 29.7 Å². The van der Waals surface area contributed by atoms with E-state index in [4.69, 9.17) is 9.72 Å². The maximum absolute atomic E-state index is 6.46. The first-order chi connectivity index (χ1) is 24.2. The standard InChI is InChI=1S/C43H27N5O.Pt/c1-45-28-46(40-21-10-9-20-39(40)45)30-14-11-15-31(24-30)49-32-22-23-35-33-16-5-8-19-38(33)48(41(35)25-32)43-26-42-36(27-44-43)34-17-6-7-18-37(34)47(42)29-12-3-2-4-13-29;/h2-23,26-27H,1H3;/q-2;. The zero-order valence-corrected chi connectivity index (χ0v) is 29.1. The molecule has 6 aromatic carbocycles. The van der Waals surface area contributed by atoms with Crippen molar-refractivity contribution in [2.24, 2.45) is 7.05 Å².